The maximum Gasteiger partial charge on any atom is 0.275 e. The zero-order chi connectivity index (χ0) is 16.7. The predicted octanol–water partition coefficient (Wildman–Crippen LogP) is 1.95. The van der Waals surface area contributed by atoms with Gasteiger partial charge in [0, 0.05) is 18.2 Å². The van der Waals surface area contributed by atoms with Crippen LogP contribution in [0.3, 0.4) is 0 Å². The normalized spacial score (nSPS) is 12.0. The highest BCUT2D eigenvalue weighted by Crippen LogP contribution is 2.14. The van der Waals surface area contributed by atoms with Gasteiger partial charge in [0.2, 0.25) is 0 Å². The van der Waals surface area contributed by atoms with Crippen LogP contribution in [0.1, 0.15) is 24.1 Å². The summed E-state index contributed by atoms with van der Waals surface area (Å²) in [6.07, 6.45) is 0.773. The quantitative estimate of drug-likeness (QED) is 0.805. The molecule has 0 aliphatic carbocycles. The molecule has 0 aliphatic rings. The third kappa shape index (κ3) is 5.45. The van der Waals surface area contributed by atoms with Crippen LogP contribution in [-0.2, 0) is 11.2 Å². The standard InChI is InChI=1S/C18H20F2N2O/c1-13(16-8-7-15(19)11-17(16)20)22-12-18(23)21-10-9-14-5-3-2-4-6-14/h2-8,11,13,22H,9-10,12H2,1H3,(H,21,23)/p+1/t13-/m1/s1. The number of halogens is 2. The zero-order valence-corrected chi connectivity index (χ0v) is 13.1. The Morgan fingerprint density at radius 2 is 1.91 bits per heavy atom. The van der Waals surface area contributed by atoms with Crippen molar-refractivity contribution in [1.82, 2.24) is 5.32 Å². The van der Waals surface area contributed by atoms with E-state index in [9.17, 15) is 13.6 Å². The van der Waals surface area contributed by atoms with Crippen LogP contribution in [0.5, 0.6) is 0 Å². The fourth-order valence-electron chi connectivity index (χ4n) is 2.34. The number of amides is 1. The highest BCUT2D eigenvalue weighted by molar-refractivity contribution is 5.76. The molecule has 2 rings (SSSR count). The maximum absolute atomic E-state index is 13.7. The maximum atomic E-state index is 13.7. The predicted molar refractivity (Wildman–Crippen MR) is 84.7 cm³/mol. The minimum absolute atomic E-state index is 0.102. The number of benzene rings is 2. The van der Waals surface area contributed by atoms with E-state index >= 15 is 0 Å². The van der Waals surface area contributed by atoms with E-state index in [-0.39, 0.29) is 18.5 Å². The fourth-order valence-corrected chi connectivity index (χ4v) is 2.34. The lowest BCUT2D eigenvalue weighted by Crippen LogP contribution is -2.87. The SMILES string of the molecule is C[C@@H]([NH2+]CC(=O)NCCc1ccccc1)c1ccc(F)cc1F. The molecule has 5 heteroatoms. The number of nitrogens with one attached hydrogen (secondary N) is 1. The molecule has 2 aromatic rings. The highest BCUT2D eigenvalue weighted by atomic mass is 19.1. The Labute approximate surface area is 134 Å². The van der Waals surface area contributed by atoms with Gasteiger partial charge in [-0.2, -0.15) is 0 Å². The lowest BCUT2D eigenvalue weighted by Gasteiger charge is -2.12. The molecular formula is C18H21F2N2O+. The van der Waals surface area contributed by atoms with Gasteiger partial charge in [-0.05, 0) is 31.0 Å². The first-order valence-electron chi connectivity index (χ1n) is 7.65. The van der Waals surface area contributed by atoms with Gasteiger partial charge in [0.05, 0.1) is 0 Å². The molecule has 1 amide bonds. The lowest BCUT2D eigenvalue weighted by molar-refractivity contribution is -0.682. The van der Waals surface area contributed by atoms with E-state index in [1.807, 2.05) is 30.3 Å². The van der Waals surface area contributed by atoms with Crippen molar-refractivity contribution in [1.29, 1.82) is 0 Å². The van der Waals surface area contributed by atoms with Crippen LogP contribution in [-0.4, -0.2) is 19.0 Å². The summed E-state index contributed by atoms with van der Waals surface area (Å²) >= 11 is 0. The second kappa shape index (κ2) is 8.39. The monoisotopic (exact) mass is 319 g/mol. The molecule has 0 bridgehead atoms. The van der Waals surface area contributed by atoms with Gasteiger partial charge >= 0.3 is 0 Å². The smallest absolute Gasteiger partial charge is 0.275 e. The number of nitrogens with two attached hydrogens (primary N) is 1. The van der Waals surface area contributed by atoms with Crippen molar-refractivity contribution in [3.8, 4) is 0 Å². The van der Waals surface area contributed by atoms with Crippen LogP contribution in [0.15, 0.2) is 48.5 Å². The number of carbonyl (C=O) groups excluding carboxylic acids is 1. The average Bonchev–Trinajstić information content (AvgIpc) is 2.53. The summed E-state index contributed by atoms with van der Waals surface area (Å²) in [5.41, 5.74) is 1.56. The first-order valence-corrected chi connectivity index (χ1v) is 7.65. The van der Waals surface area contributed by atoms with Gasteiger partial charge in [-0.3, -0.25) is 4.79 Å². The van der Waals surface area contributed by atoms with Gasteiger partial charge < -0.3 is 10.6 Å². The topological polar surface area (TPSA) is 45.7 Å². The summed E-state index contributed by atoms with van der Waals surface area (Å²) in [5.74, 6) is -1.29. The van der Waals surface area contributed by atoms with Crippen molar-refractivity contribution in [3.63, 3.8) is 0 Å². The largest absolute Gasteiger partial charge is 0.351 e. The van der Waals surface area contributed by atoms with Crippen molar-refractivity contribution in [2.24, 2.45) is 0 Å². The van der Waals surface area contributed by atoms with Crippen LogP contribution in [0, 0.1) is 11.6 Å². The summed E-state index contributed by atoms with van der Waals surface area (Å²) in [5, 5.41) is 4.57. The number of carbonyl (C=O) groups is 1. The third-order valence-electron chi connectivity index (χ3n) is 3.69. The summed E-state index contributed by atoms with van der Waals surface area (Å²) in [7, 11) is 0. The molecule has 0 saturated heterocycles. The Morgan fingerprint density at radius 1 is 1.17 bits per heavy atom. The molecule has 23 heavy (non-hydrogen) atoms. The van der Waals surface area contributed by atoms with E-state index in [4.69, 9.17) is 0 Å². The van der Waals surface area contributed by atoms with Crippen molar-refractivity contribution in [2.45, 2.75) is 19.4 Å². The van der Waals surface area contributed by atoms with Gasteiger partial charge in [-0.15, -0.1) is 0 Å². The minimum Gasteiger partial charge on any atom is -0.351 e. The first-order chi connectivity index (χ1) is 11.1. The van der Waals surface area contributed by atoms with Gasteiger partial charge in [-0.25, -0.2) is 8.78 Å². The molecule has 0 unspecified atom stereocenters. The van der Waals surface area contributed by atoms with E-state index < -0.39 is 11.6 Å². The van der Waals surface area contributed by atoms with Crippen molar-refractivity contribution >= 4 is 5.91 Å². The molecule has 2 aromatic carbocycles. The van der Waals surface area contributed by atoms with Crippen molar-refractivity contribution in [3.05, 3.63) is 71.3 Å². The Kier molecular flexibility index (Phi) is 6.23. The molecule has 1 atom stereocenters. The molecule has 0 heterocycles. The zero-order valence-electron chi connectivity index (χ0n) is 13.1. The van der Waals surface area contributed by atoms with Crippen LogP contribution >= 0.6 is 0 Å². The number of quaternary nitrogens is 1. The van der Waals surface area contributed by atoms with Crippen LogP contribution in [0.2, 0.25) is 0 Å². The Balaban J connectivity index is 1.73. The van der Waals surface area contributed by atoms with Crippen LogP contribution in [0.25, 0.3) is 0 Å². The summed E-state index contributed by atoms with van der Waals surface area (Å²) in [4.78, 5) is 11.8. The average molecular weight is 319 g/mol. The fraction of sp³-hybridized carbons (Fsp3) is 0.278. The van der Waals surface area contributed by atoms with Gasteiger partial charge in [-0.1, -0.05) is 30.3 Å². The van der Waals surface area contributed by atoms with Gasteiger partial charge in [0.15, 0.2) is 6.54 Å². The summed E-state index contributed by atoms with van der Waals surface area (Å²) in [6.45, 7) is 2.55. The molecule has 0 saturated carbocycles. The van der Waals surface area contributed by atoms with Gasteiger partial charge in [0.1, 0.15) is 17.7 Å². The summed E-state index contributed by atoms with van der Waals surface area (Å²) in [6, 6.07) is 13.1. The van der Waals surface area contributed by atoms with E-state index in [1.54, 1.807) is 12.2 Å². The molecule has 3 N–H and O–H groups in total. The first kappa shape index (κ1) is 17.1. The minimum atomic E-state index is -0.600. The number of hydrogen-bond acceptors (Lipinski definition) is 1. The molecule has 0 aliphatic heterocycles. The number of rotatable bonds is 7. The molecular weight excluding hydrogens is 298 g/mol. The molecule has 0 spiro atoms. The Bertz CT molecular complexity index is 647. The van der Waals surface area contributed by atoms with Crippen molar-refractivity contribution in [2.75, 3.05) is 13.1 Å². The third-order valence-corrected chi connectivity index (χ3v) is 3.69. The van der Waals surface area contributed by atoms with E-state index in [0.29, 0.717) is 12.1 Å². The molecule has 3 nitrogen and oxygen atoms in total. The second-order valence-corrected chi connectivity index (χ2v) is 5.48. The van der Waals surface area contributed by atoms with Crippen LogP contribution in [0.4, 0.5) is 8.78 Å². The van der Waals surface area contributed by atoms with E-state index in [2.05, 4.69) is 5.32 Å². The molecule has 122 valence electrons. The summed E-state index contributed by atoms with van der Waals surface area (Å²) < 4.78 is 26.5. The van der Waals surface area contributed by atoms with Crippen LogP contribution < -0.4 is 10.6 Å². The second-order valence-electron chi connectivity index (χ2n) is 5.48. The van der Waals surface area contributed by atoms with Gasteiger partial charge in [0.25, 0.3) is 5.91 Å². The highest BCUT2D eigenvalue weighted by Gasteiger charge is 2.15. The van der Waals surface area contributed by atoms with E-state index in [1.165, 1.54) is 17.7 Å². The molecule has 0 fully saturated rings. The molecule has 0 aromatic heterocycles. The van der Waals surface area contributed by atoms with Crippen molar-refractivity contribution < 1.29 is 18.9 Å². The van der Waals surface area contributed by atoms with E-state index in [0.717, 1.165) is 12.5 Å². The molecule has 0 radical (unpaired) electrons. The Hall–Kier alpha value is -2.27. The number of hydrogen-bond donors (Lipinski definition) is 2. The lowest BCUT2D eigenvalue weighted by atomic mass is 10.1. The Morgan fingerprint density at radius 3 is 2.61 bits per heavy atom.